The fraction of sp³-hybridized carbons (Fsp3) is 0.640. The Kier molecular flexibility index (Phi) is 26.3. The number of nitrogens with zero attached hydrogens (tertiary/aromatic N) is 5. The van der Waals surface area contributed by atoms with Crippen LogP contribution in [0.1, 0.15) is 190 Å². The molecule has 2 amide bonds. The monoisotopic (exact) mass is 1580 g/mol. The van der Waals surface area contributed by atoms with E-state index in [-0.39, 0.29) is 46.0 Å². The van der Waals surface area contributed by atoms with Gasteiger partial charge in [0.1, 0.15) is 22.7 Å². The van der Waals surface area contributed by atoms with Crippen LogP contribution < -0.4 is 34.0 Å². The summed E-state index contributed by atoms with van der Waals surface area (Å²) >= 11 is 12.9. The number of hydrogen-bond donors (Lipinski definition) is 3. The molecule has 2 saturated heterocycles. The second kappa shape index (κ2) is 34.6. The summed E-state index contributed by atoms with van der Waals surface area (Å²) in [5.41, 5.74) is 5.00. The average Bonchev–Trinajstić information content (AvgIpc) is 1.60. The number of carbonyl (C=O) groups is 3. The summed E-state index contributed by atoms with van der Waals surface area (Å²) in [6.45, 7) is 36.9. The number of halogens is 2. The lowest BCUT2D eigenvalue weighted by molar-refractivity contribution is -0.140. The standard InChI is InChI=1S/C43H61ClN4O5S.C35H43ClN2O6S.C8H18N2/c1-7-53-43(27-46-20-21-48(29(2)3)31(5)24-46)19-8-10-30(4)32(6)54(50,51)45-41(49)34-13-17-40-39(23-34)47(25-35-12-15-38(35)43)26-42(28-52-40)18-9-11-33-22-36(44)14-16-37(33)42;1-4-44-35(21-39)16-5-7-23(2)24(3)45(41,42)37-33(40)26-10-14-32-31(18-26)38(19-27-9-12-30(27)35)20-34(22-43-32)15-6-8-25-17-28(36)11-13-29(25)34;1-7(2)10-5-4-9-6-8(10)3/h8,13-14,16-17,19,22-23,29-32,35,38H,7,9-12,15,18,20-21,24-28H2,1-6H3,(H,45,49);5,10-11,13-14,16-18,21,23-24,27,30H,4,6-9,12,15,19-20,22H2,1-3H3,(H,37,40);7-9H,4-6H2,1-3H3/b19-8+;16-5+;/t30-,31+,32+,35-,38+,42-,43-;23-,24+,27-,30+,34-,35-;8-/m001/s1. The predicted molar refractivity (Wildman–Crippen MR) is 437 cm³/mol. The molecule has 3 N–H and O–H groups in total. The minimum Gasteiger partial charge on any atom is -0.490 e. The third-order valence-electron chi connectivity index (χ3n) is 26.5. The molecule has 6 heterocycles. The number of carbonyl (C=O) groups excluding carboxylic acids is 3. The maximum absolute atomic E-state index is 13.7. The van der Waals surface area contributed by atoms with Gasteiger partial charge in [0.25, 0.3) is 11.8 Å². The smallest absolute Gasteiger partial charge is 0.264 e. The van der Waals surface area contributed by atoms with E-state index in [2.05, 4.69) is 124 Å². The van der Waals surface area contributed by atoms with Crippen molar-refractivity contribution in [2.45, 2.75) is 217 Å². The molecule has 4 fully saturated rings. The summed E-state index contributed by atoms with van der Waals surface area (Å²) in [5, 5.41) is 3.23. The summed E-state index contributed by atoms with van der Waals surface area (Å²) in [5.74, 6) is 0.311. The molecule has 23 heteroatoms. The number of fused-ring (bicyclic) bond motifs is 8. The number of nitrogens with one attached hydrogen (secondary N) is 3. The summed E-state index contributed by atoms with van der Waals surface area (Å²) in [4.78, 5) is 52.5. The third-order valence-corrected chi connectivity index (χ3v) is 30.8. The Labute approximate surface area is 660 Å². The summed E-state index contributed by atoms with van der Waals surface area (Å²) in [6, 6.07) is 25.4. The second-order valence-corrected chi connectivity index (χ2v) is 39.1. The van der Waals surface area contributed by atoms with Gasteiger partial charge in [-0.05, 0) is 265 Å². The van der Waals surface area contributed by atoms with Crippen LogP contribution in [-0.2, 0) is 58.0 Å². The quantitative estimate of drug-likeness (QED) is 0.105. The molecule has 14 rings (SSSR count). The Morgan fingerprint density at radius 2 is 1.09 bits per heavy atom. The normalized spacial score (nSPS) is 33.3. The third kappa shape index (κ3) is 17.9. The molecular formula is C86H122Cl2N8O11S2. The number of benzene rings is 4. The number of piperazine rings is 2. The van der Waals surface area contributed by atoms with Gasteiger partial charge in [-0.1, -0.05) is 67.4 Å². The van der Waals surface area contributed by atoms with Crippen LogP contribution in [0.25, 0.3) is 0 Å². The van der Waals surface area contributed by atoms with E-state index in [9.17, 15) is 31.2 Å². The van der Waals surface area contributed by atoms with Crippen LogP contribution >= 0.6 is 23.2 Å². The number of anilines is 2. The van der Waals surface area contributed by atoms with Gasteiger partial charge in [0.2, 0.25) is 20.0 Å². The van der Waals surface area contributed by atoms with Gasteiger partial charge < -0.3 is 34.1 Å². The summed E-state index contributed by atoms with van der Waals surface area (Å²) in [6.07, 6.45) is 19.9. The van der Waals surface area contributed by atoms with Crippen LogP contribution in [0.15, 0.2) is 97.1 Å². The number of ether oxygens (including phenoxy) is 4. The van der Waals surface area contributed by atoms with Crippen LogP contribution in [0.5, 0.6) is 11.5 Å². The van der Waals surface area contributed by atoms with Crippen LogP contribution in [0, 0.1) is 35.5 Å². The van der Waals surface area contributed by atoms with Crippen LogP contribution in [-0.4, -0.2) is 194 Å². The van der Waals surface area contributed by atoms with Gasteiger partial charge in [-0.25, -0.2) is 26.3 Å². The van der Waals surface area contributed by atoms with Gasteiger partial charge in [0.15, 0.2) is 6.29 Å². The first-order valence-electron chi connectivity index (χ1n) is 40.7. The van der Waals surface area contributed by atoms with Crippen LogP contribution in [0.4, 0.5) is 11.4 Å². The molecule has 4 aliphatic carbocycles. The molecule has 19 nitrogen and oxygen atoms in total. The minimum absolute atomic E-state index is 0.0388. The fourth-order valence-corrected chi connectivity index (χ4v) is 22.7. The van der Waals surface area contributed by atoms with Gasteiger partial charge in [-0.15, -0.1) is 0 Å². The van der Waals surface area contributed by atoms with Gasteiger partial charge in [-0.2, -0.15) is 0 Å². The maximum Gasteiger partial charge on any atom is 0.264 e. The van der Waals surface area contributed by atoms with Crippen molar-refractivity contribution in [2.24, 2.45) is 35.5 Å². The summed E-state index contributed by atoms with van der Waals surface area (Å²) in [7, 11) is -7.94. The number of hydrogen-bond acceptors (Lipinski definition) is 17. The van der Waals surface area contributed by atoms with E-state index in [0.717, 1.165) is 150 Å². The molecule has 2 spiro atoms. The molecule has 6 aliphatic heterocycles. The second-order valence-electron chi connectivity index (χ2n) is 34.1. The molecule has 0 aromatic heterocycles. The molecule has 598 valence electrons. The molecule has 0 radical (unpaired) electrons. The highest BCUT2D eigenvalue weighted by Crippen LogP contribution is 2.52. The van der Waals surface area contributed by atoms with Crippen molar-refractivity contribution in [3.8, 4) is 11.5 Å². The first-order valence-corrected chi connectivity index (χ1v) is 44.6. The Bertz CT molecular complexity index is 4200. The van der Waals surface area contributed by atoms with Crippen molar-refractivity contribution in [3.05, 3.63) is 141 Å². The minimum atomic E-state index is -3.98. The van der Waals surface area contributed by atoms with Crippen molar-refractivity contribution in [1.29, 1.82) is 0 Å². The topological polar surface area (TPSA) is 209 Å². The molecule has 0 unspecified atom stereocenters. The fourth-order valence-electron chi connectivity index (χ4n) is 19.8. The average molecular weight is 1580 g/mol. The predicted octanol–water partition coefficient (Wildman–Crippen LogP) is 13.6. The Hall–Kier alpha value is -5.59. The van der Waals surface area contributed by atoms with Crippen molar-refractivity contribution in [2.75, 3.05) is 108 Å². The number of rotatable bonds is 9. The van der Waals surface area contributed by atoms with Crippen molar-refractivity contribution in [3.63, 3.8) is 0 Å². The zero-order valence-electron chi connectivity index (χ0n) is 66.6. The van der Waals surface area contributed by atoms with Crippen LogP contribution in [0.2, 0.25) is 10.0 Å². The number of aldehydes is 1. The molecule has 10 aliphatic rings. The number of aryl methyl sites for hydroxylation is 2. The van der Waals surface area contributed by atoms with Crippen molar-refractivity contribution in [1.82, 2.24) is 29.5 Å². The Morgan fingerprint density at radius 1 is 0.596 bits per heavy atom. The SMILES string of the molecule is CC(C)N1CCNC[C@H]1C.CCO[C@]1(C=O)/C=C/C[C@H](C)[C@@H](C)S(=O)(=O)NC(=O)c2ccc3c(c2)N(C[C@@H]2CC[C@H]21)C[C@@]1(CCCc2cc(Cl)ccc21)CO3.CCO[C@]1(CN2CCN(C(C)C)[C@H](C)C2)/C=C/C[C@H](C)[C@@H](C)S(=O)(=O)NC(=O)c2ccc3c(c2)N(C[C@@H]2CC[C@H]21)C[C@@]1(CCCc2cc(Cl)ccc21)CO3. The molecule has 109 heavy (non-hydrogen) atoms. The molecular weight excluding hydrogens is 1460 g/mol. The van der Waals surface area contributed by atoms with E-state index in [1.807, 2.05) is 57.2 Å². The molecule has 4 aromatic carbocycles. The zero-order valence-corrected chi connectivity index (χ0v) is 69.8. The van der Waals surface area contributed by atoms with E-state index >= 15 is 0 Å². The highest BCUT2D eigenvalue weighted by atomic mass is 35.5. The first-order chi connectivity index (χ1) is 52.0. The van der Waals surface area contributed by atoms with E-state index in [0.29, 0.717) is 93.8 Å². The van der Waals surface area contributed by atoms with Crippen molar-refractivity contribution >= 4 is 72.7 Å². The first kappa shape index (κ1) is 82.9. The molecule has 4 aromatic rings. The van der Waals surface area contributed by atoms with E-state index in [1.165, 1.54) is 28.8 Å². The lowest BCUT2D eigenvalue weighted by Crippen LogP contribution is -2.61. The lowest BCUT2D eigenvalue weighted by Gasteiger charge is -2.53. The van der Waals surface area contributed by atoms with E-state index < -0.39 is 53.6 Å². The number of amides is 2. The van der Waals surface area contributed by atoms with E-state index in [1.54, 1.807) is 38.1 Å². The maximum atomic E-state index is 13.7. The van der Waals surface area contributed by atoms with Gasteiger partial charge in [0.05, 0.1) is 35.1 Å². The zero-order chi connectivity index (χ0) is 78.0. The Morgan fingerprint density at radius 3 is 1.54 bits per heavy atom. The highest BCUT2D eigenvalue weighted by Gasteiger charge is 2.53. The largest absolute Gasteiger partial charge is 0.490 e. The van der Waals surface area contributed by atoms with Gasteiger partial charge in [0, 0.05) is 147 Å². The molecule has 4 bridgehead atoms. The summed E-state index contributed by atoms with van der Waals surface area (Å²) < 4.78 is 85.3. The number of sulfonamides is 2. The van der Waals surface area contributed by atoms with Crippen LogP contribution in [0.3, 0.4) is 0 Å². The molecule has 2 saturated carbocycles. The van der Waals surface area contributed by atoms with Gasteiger partial charge in [-0.3, -0.25) is 29.1 Å². The Balaban J connectivity index is 0.000000182. The lowest BCUT2D eigenvalue weighted by atomic mass is 9.63. The van der Waals surface area contributed by atoms with Crippen molar-refractivity contribution < 1.29 is 50.2 Å². The highest BCUT2D eigenvalue weighted by molar-refractivity contribution is 7.91. The number of allylic oxidation sites excluding steroid dienone is 2. The van der Waals surface area contributed by atoms with E-state index in [4.69, 9.17) is 42.1 Å². The van der Waals surface area contributed by atoms with Gasteiger partial charge >= 0.3 is 0 Å². The molecule has 14 atom stereocenters.